The summed E-state index contributed by atoms with van der Waals surface area (Å²) in [6.45, 7) is 2.09. The van der Waals surface area contributed by atoms with Gasteiger partial charge in [0.05, 0.1) is 0 Å². The van der Waals surface area contributed by atoms with Crippen LogP contribution >= 0.6 is 0 Å². The Morgan fingerprint density at radius 3 is 2.58 bits per heavy atom. The molecule has 0 aliphatic carbocycles. The van der Waals surface area contributed by atoms with E-state index in [2.05, 4.69) is 36.2 Å². The van der Waals surface area contributed by atoms with Crippen molar-refractivity contribution in [2.45, 2.75) is 13.3 Å². The van der Waals surface area contributed by atoms with Crippen LogP contribution in [0.25, 0.3) is 10.9 Å². The first-order valence-corrected chi connectivity index (χ1v) is 6.34. The van der Waals surface area contributed by atoms with Crippen molar-refractivity contribution >= 4 is 10.9 Å². The molecule has 0 radical (unpaired) electrons. The van der Waals surface area contributed by atoms with Gasteiger partial charge in [0.15, 0.2) is 0 Å². The minimum atomic E-state index is 0.674. The van der Waals surface area contributed by atoms with E-state index < -0.39 is 0 Å². The number of hydrogen-bond donors (Lipinski definition) is 1. The highest BCUT2D eigenvalue weighted by molar-refractivity contribution is 5.89. The van der Waals surface area contributed by atoms with Crippen molar-refractivity contribution in [1.29, 1.82) is 5.26 Å². The van der Waals surface area contributed by atoms with E-state index in [-0.39, 0.29) is 0 Å². The molecule has 0 aliphatic heterocycles. The second-order valence-corrected chi connectivity index (χ2v) is 4.75. The number of aromatic nitrogens is 1. The van der Waals surface area contributed by atoms with Gasteiger partial charge in [-0.3, -0.25) is 0 Å². The van der Waals surface area contributed by atoms with Crippen LogP contribution in [-0.4, -0.2) is 4.98 Å². The van der Waals surface area contributed by atoms with Crippen LogP contribution in [0.2, 0.25) is 0 Å². The zero-order valence-corrected chi connectivity index (χ0v) is 10.8. The molecule has 1 heterocycles. The average Bonchev–Trinajstić information content (AvgIpc) is 2.79. The second-order valence-electron chi connectivity index (χ2n) is 4.75. The monoisotopic (exact) mass is 246 g/mol. The maximum atomic E-state index is 9.31. The van der Waals surface area contributed by atoms with E-state index in [0.717, 1.165) is 17.5 Å². The molecule has 0 spiro atoms. The summed E-state index contributed by atoms with van der Waals surface area (Å²) in [6, 6.07) is 18.7. The fourth-order valence-electron chi connectivity index (χ4n) is 2.58. The van der Waals surface area contributed by atoms with Crippen molar-refractivity contribution in [3.63, 3.8) is 0 Å². The number of hydrogen-bond acceptors (Lipinski definition) is 1. The fourth-order valence-corrected chi connectivity index (χ4v) is 2.58. The number of nitriles is 1. The molecule has 0 saturated heterocycles. The Morgan fingerprint density at radius 2 is 1.84 bits per heavy atom. The molecule has 0 amide bonds. The van der Waals surface area contributed by atoms with Crippen LogP contribution in [0.5, 0.6) is 0 Å². The maximum Gasteiger partial charge on any atom is 0.122 e. The quantitative estimate of drug-likeness (QED) is 0.731. The topological polar surface area (TPSA) is 39.6 Å². The number of nitrogens with one attached hydrogen (secondary N) is 1. The third kappa shape index (κ3) is 2.00. The highest BCUT2D eigenvalue weighted by Crippen LogP contribution is 2.27. The number of fused-ring (bicyclic) bond motifs is 1. The maximum absolute atomic E-state index is 9.31. The first kappa shape index (κ1) is 11.6. The summed E-state index contributed by atoms with van der Waals surface area (Å²) in [5, 5.41) is 10.5. The molecular formula is C17H14N2. The summed E-state index contributed by atoms with van der Waals surface area (Å²) < 4.78 is 0. The molecule has 2 aromatic carbocycles. The number of nitrogens with zero attached hydrogens (tertiary/aromatic N) is 1. The smallest absolute Gasteiger partial charge is 0.122 e. The summed E-state index contributed by atoms with van der Waals surface area (Å²) >= 11 is 0. The highest BCUT2D eigenvalue weighted by atomic mass is 14.7. The van der Waals surface area contributed by atoms with E-state index >= 15 is 0 Å². The van der Waals surface area contributed by atoms with Crippen LogP contribution in [0.15, 0.2) is 48.5 Å². The van der Waals surface area contributed by atoms with Gasteiger partial charge in [0, 0.05) is 22.9 Å². The van der Waals surface area contributed by atoms with Gasteiger partial charge in [0.25, 0.3) is 0 Å². The number of aryl methyl sites for hydroxylation is 1. The van der Waals surface area contributed by atoms with E-state index in [1.54, 1.807) is 0 Å². The van der Waals surface area contributed by atoms with Crippen molar-refractivity contribution in [3.05, 3.63) is 70.9 Å². The predicted octanol–water partition coefficient (Wildman–Crippen LogP) is 3.94. The predicted molar refractivity (Wildman–Crippen MR) is 77.0 cm³/mol. The normalized spacial score (nSPS) is 10.5. The first-order chi connectivity index (χ1) is 9.29. The molecule has 19 heavy (non-hydrogen) atoms. The molecule has 1 N–H and O–H groups in total. The van der Waals surface area contributed by atoms with Crippen molar-refractivity contribution in [1.82, 2.24) is 4.98 Å². The van der Waals surface area contributed by atoms with Crippen LogP contribution in [0.4, 0.5) is 0 Å². The number of H-pyrrole nitrogens is 1. The van der Waals surface area contributed by atoms with Crippen molar-refractivity contribution < 1.29 is 0 Å². The Kier molecular flexibility index (Phi) is 2.81. The van der Waals surface area contributed by atoms with Gasteiger partial charge in [-0.15, -0.1) is 0 Å². The molecule has 0 bridgehead atoms. The Balaban J connectivity index is 2.19. The standard InChI is InChI=1S/C17H14N2/c1-12-6-5-9-15-17(12)14(16(11-18)19-15)10-13-7-3-2-4-8-13/h2-9,19H,10H2,1H3. The zero-order chi connectivity index (χ0) is 13.2. The Bertz CT molecular complexity index is 761. The Morgan fingerprint density at radius 1 is 1.05 bits per heavy atom. The molecule has 92 valence electrons. The minimum Gasteiger partial charge on any atom is -0.346 e. The summed E-state index contributed by atoms with van der Waals surface area (Å²) in [6.07, 6.45) is 0.786. The lowest BCUT2D eigenvalue weighted by molar-refractivity contribution is 1.18. The van der Waals surface area contributed by atoms with Crippen LogP contribution in [0.3, 0.4) is 0 Å². The lowest BCUT2D eigenvalue weighted by Crippen LogP contribution is -1.90. The minimum absolute atomic E-state index is 0.674. The number of rotatable bonds is 2. The van der Waals surface area contributed by atoms with Crippen LogP contribution in [0, 0.1) is 18.3 Å². The first-order valence-electron chi connectivity index (χ1n) is 6.34. The van der Waals surface area contributed by atoms with Gasteiger partial charge < -0.3 is 4.98 Å². The van der Waals surface area contributed by atoms with Gasteiger partial charge in [-0.05, 0) is 24.1 Å². The molecule has 2 nitrogen and oxygen atoms in total. The van der Waals surface area contributed by atoms with Crippen molar-refractivity contribution in [2.75, 3.05) is 0 Å². The van der Waals surface area contributed by atoms with Crippen LogP contribution in [-0.2, 0) is 6.42 Å². The molecule has 0 fully saturated rings. The Labute approximate surface area is 112 Å². The number of aromatic amines is 1. The SMILES string of the molecule is Cc1cccc2[nH]c(C#N)c(Cc3ccccc3)c12. The van der Waals surface area contributed by atoms with E-state index in [9.17, 15) is 5.26 Å². The summed E-state index contributed by atoms with van der Waals surface area (Å²) in [5.41, 5.74) is 5.25. The van der Waals surface area contributed by atoms with Gasteiger partial charge in [-0.2, -0.15) is 5.26 Å². The molecule has 1 aromatic heterocycles. The average molecular weight is 246 g/mol. The molecular weight excluding hydrogens is 232 g/mol. The van der Waals surface area contributed by atoms with E-state index in [0.29, 0.717) is 5.69 Å². The second kappa shape index (κ2) is 4.62. The lowest BCUT2D eigenvalue weighted by atomic mass is 9.99. The molecule has 0 unspecified atom stereocenters. The molecule has 2 heteroatoms. The van der Waals surface area contributed by atoms with Gasteiger partial charge in [0.1, 0.15) is 11.8 Å². The highest BCUT2D eigenvalue weighted by Gasteiger charge is 2.13. The van der Waals surface area contributed by atoms with Gasteiger partial charge in [-0.1, -0.05) is 42.5 Å². The zero-order valence-electron chi connectivity index (χ0n) is 10.8. The van der Waals surface area contributed by atoms with Gasteiger partial charge in [0.2, 0.25) is 0 Å². The van der Waals surface area contributed by atoms with Crippen LogP contribution in [0.1, 0.15) is 22.4 Å². The number of benzene rings is 2. The van der Waals surface area contributed by atoms with E-state index in [4.69, 9.17) is 0 Å². The van der Waals surface area contributed by atoms with Gasteiger partial charge in [-0.25, -0.2) is 0 Å². The molecule has 0 atom stereocenters. The fraction of sp³-hybridized carbons (Fsp3) is 0.118. The third-order valence-corrected chi connectivity index (χ3v) is 3.47. The molecule has 3 aromatic rings. The van der Waals surface area contributed by atoms with E-state index in [1.807, 2.05) is 30.3 Å². The summed E-state index contributed by atoms with van der Waals surface area (Å²) in [4.78, 5) is 3.21. The van der Waals surface area contributed by atoms with E-state index in [1.165, 1.54) is 16.5 Å². The lowest BCUT2D eigenvalue weighted by Gasteiger charge is -2.03. The Hall–Kier alpha value is -2.53. The third-order valence-electron chi connectivity index (χ3n) is 3.47. The van der Waals surface area contributed by atoms with Crippen molar-refractivity contribution in [2.24, 2.45) is 0 Å². The summed E-state index contributed by atoms with van der Waals surface area (Å²) in [5.74, 6) is 0. The molecule has 0 aliphatic rings. The molecule has 0 saturated carbocycles. The van der Waals surface area contributed by atoms with Gasteiger partial charge >= 0.3 is 0 Å². The van der Waals surface area contributed by atoms with Crippen molar-refractivity contribution in [3.8, 4) is 6.07 Å². The largest absolute Gasteiger partial charge is 0.346 e. The summed E-state index contributed by atoms with van der Waals surface area (Å²) in [7, 11) is 0. The molecule has 3 rings (SSSR count). The van der Waals surface area contributed by atoms with Crippen LogP contribution < -0.4 is 0 Å².